The molecule has 0 amide bonds. The fourth-order valence-corrected chi connectivity index (χ4v) is 2.35. The van der Waals surface area contributed by atoms with Crippen molar-refractivity contribution in [2.24, 2.45) is 0 Å². The van der Waals surface area contributed by atoms with Gasteiger partial charge in [0.1, 0.15) is 17.9 Å². The molecule has 1 atom stereocenters. The van der Waals surface area contributed by atoms with Gasteiger partial charge in [0.2, 0.25) is 5.95 Å². The number of nitrogens with zero attached hydrogens (tertiary/aromatic N) is 3. The van der Waals surface area contributed by atoms with Gasteiger partial charge in [-0.05, 0) is 32.3 Å². The molecule has 1 aromatic heterocycles. The van der Waals surface area contributed by atoms with Crippen molar-refractivity contribution in [2.45, 2.75) is 6.10 Å². The largest absolute Gasteiger partial charge is 0.486 e. The molecule has 0 saturated heterocycles. The van der Waals surface area contributed by atoms with Crippen LogP contribution in [0.2, 0.25) is 5.15 Å². The summed E-state index contributed by atoms with van der Waals surface area (Å²) in [5.41, 5.74) is 0.815. The smallest absolute Gasteiger partial charge is 0.228 e. The number of nitrogens with one attached hydrogen (secondary N) is 1. The first kappa shape index (κ1) is 14.9. The van der Waals surface area contributed by atoms with Crippen molar-refractivity contribution in [1.29, 1.82) is 0 Å². The lowest BCUT2D eigenvalue weighted by Gasteiger charge is -2.28. The van der Waals surface area contributed by atoms with Gasteiger partial charge in [0, 0.05) is 24.5 Å². The van der Waals surface area contributed by atoms with Crippen LogP contribution in [0.5, 0.6) is 11.5 Å². The van der Waals surface area contributed by atoms with E-state index in [4.69, 9.17) is 21.1 Å². The molecule has 1 unspecified atom stereocenters. The third-order valence-electron chi connectivity index (χ3n) is 3.11. The quantitative estimate of drug-likeness (QED) is 0.874. The molecule has 1 aliphatic rings. The molecule has 0 saturated carbocycles. The van der Waals surface area contributed by atoms with Crippen molar-refractivity contribution in [3.63, 3.8) is 0 Å². The van der Waals surface area contributed by atoms with Gasteiger partial charge in [-0.25, -0.2) is 9.97 Å². The van der Waals surface area contributed by atoms with E-state index in [-0.39, 0.29) is 6.10 Å². The molecule has 0 radical (unpaired) electrons. The maximum absolute atomic E-state index is 5.92. The summed E-state index contributed by atoms with van der Waals surface area (Å²) < 4.78 is 11.7. The topological polar surface area (TPSA) is 59.5 Å². The number of fused-ring (bicyclic) bond motifs is 1. The Bertz CT molecular complexity index is 666. The molecule has 0 bridgehead atoms. The van der Waals surface area contributed by atoms with E-state index < -0.39 is 0 Å². The monoisotopic (exact) mass is 320 g/mol. The highest BCUT2D eigenvalue weighted by Gasteiger charge is 2.21. The molecule has 7 heteroatoms. The van der Waals surface area contributed by atoms with Crippen molar-refractivity contribution in [2.75, 3.05) is 32.6 Å². The molecule has 0 aliphatic carbocycles. The number of anilines is 2. The Labute approximate surface area is 134 Å². The molecule has 116 valence electrons. The normalized spacial score (nSPS) is 16.6. The Morgan fingerprint density at radius 3 is 2.95 bits per heavy atom. The first-order chi connectivity index (χ1) is 10.6. The summed E-state index contributed by atoms with van der Waals surface area (Å²) in [7, 11) is 4.02. The Hall–Kier alpha value is -2.05. The molecule has 6 nitrogen and oxygen atoms in total. The van der Waals surface area contributed by atoms with Gasteiger partial charge in [0.15, 0.2) is 11.5 Å². The van der Waals surface area contributed by atoms with Gasteiger partial charge in [-0.15, -0.1) is 0 Å². The minimum absolute atomic E-state index is 0.0394. The zero-order valence-corrected chi connectivity index (χ0v) is 13.2. The van der Waals surface area contributed by atoms with Crippen LogP contribution in [0.4, 0.5) is 11.6 Å². The molecular weight excluding hydrogens is 304 g/mol. The molecule has 1 aromatic carbocycles. The standard InChI is InChI=1S/C15H17ClN4O2/c1-20(2)8-11-9-21-13-7-10(3-4-12(13)22-11)18-15-17-6-5-14(16)19-15/h3-7,11H,8-9H2,1-2H3,(H,17,18,19). The van der Waals surface area contributed by atoms with Crippen molar-refractivity contribution < 1.29 is 9.47 Å². The Morgan fingerprint density at radius 1 is 1.32 bits per heavy atom. The number of halogens is 1. The van der Waals surface area contributed by atoms with Gasteiger partial charge < -0.3 is 19.7 Å². The maximum Gasteiger partial charge on any atom is 0.228 e. The molecule has 1 aliphatic heterocycles. The number of ether oxygens (including phenoxy) is 2. The summed E-state index contributed by atoms with van der Waals surface area (Å²) in [5, 5.41) is 3.48. The maximum atomic E-state index is 5.92. The van der Waals surface area contributed by atoms with Crippen molar-refractivity contribution in [1.82, 2.24) is 14.9 Å². The zero-order chi connectivity index (χ0) is 15.5. The molecule has 1 N–H and O–H groups in total. The predicted octanol–water partition coefficient (Wildman–Crippen LogP) is 2.58. The van der Waals surface area contributed by atoms with Crippen LogP contribution < -0.4 is 14.8 Å². The number of benzene rings is 1. The van der Waals surface area contributed by atoms with Crippen LogP contribution in [0.25, 0.3) is 0 Å². The second-order valence-electron chi connectivity index (χ2n) is 5.30. The first-order valence-corrected chi connectivity index (χ1v) is 7.32. The van der Waals surface area contributed by atoms with Crippen LogP contribution >= 0.6 is 11.6 Å². The van der Waals surface area contributed by atoms with E-state index in [9.17, 15) is 0 Å². The lowest BCUT2D eigenvalue weighted by Crippen LogP contribution is -2.37. The van der Waals surface area contributed by atoms with Gasteiger partial charge in [-0.2, -0.15) is 0 Å². The number of hydrogen-bond acceptors (Lipinski definition) is 6. The van der Waals surface area contributed by atoms with Gasteiger partial charge in [0.25, 0.3) is 0 Å². The fourth-order valence-electron chi connectivity index (χ4n) is 2.22. The van der Waals surface area contributed by atoms with E-state index in [0.717, 1.165) is 18.0 Å². The highest BCUT2D eigenvalue weighted by Crippen LogP contribution is 2.34. The summed E-state index contributed by atoms with van der Waals surface area (Å²) in [6.07, 6.45) is 1.64. The van der Waals surface area contributed by atoms with Crippen LogP contribution in [0.15, 0.2) is 30.5 Å². The van der Waals surface area contributed by atoms with Gasteiger partial charge in [-0.1, -0.05) is 11.6 Å². The van der Waals surface area contributed by atoms with E-state index in [2.05, 4.69) is 20.2 Å². The summed E-state index contributed by atoms with van der Waals surface area (Å²) in [5.74, 6) is 1.90. The Balaban J connectivity index is 1.72. The van der Waals surface area contributed by atoms with E-state index in [0.29, 0.717) is 23.5 Å². The molecule has 2 heterocycles. The highest BCUT2D eigenvalue weighted by atomic mass is 35.5. The molecule has 0 fully saturated rings. The summed E-state index contributed by atoms with van der Waals surface area (Å²) >= 11 is 5.84. The molecule has 3 rings (SSSR count). The number of hydrogen-bond donors (Lipinski definition) is 1. The summed E-state index contributed by atoms with van der Waals surface area (Å²) in [6.45, 7) is 1.35. The van der Waals surface area contributed by atoms with E-state index >= 15 is 0 Å². The number of aromatic nitrogens is 2. The van der Waals surface area contributed by atoms with E-state index in [1.54, 1.807) is 12.3 Å². The Morgan fingerprint density at radius 2 is 2.18 bits per heavy atom. The number of rotatable bonds is 4. The van der Waals surface area contributed by atoms with Crippen LogP contribution in [-0.2, 0) is 0 Å². The molecular formula is C15H17ClN4O2. The van der Waals surface area contributed by atoms with Crippen LogP contribution in [0.1, 0.15) is 0 Å². The van der Waals surface area contributed by atoms with E-state index in [1.165, 1.54) is 0 Å². The Kier molecular flexibility index (Phi) is 4.31. The predicted molar refractivity (Wildman–Crippen MR) is 85.2 cm³/mol. The SMILES string of the molecule is CN(C)CC1COc2cc(Nc3nccc(Cl)n3)ccc2O1. The number of likely N-dealkylation sites (N-methyl/N-ethyl adjacent to an activating group) is 1. The van der Waals surface area contributed by atoms with Crippen molar-refractivity contribution in [3.05, 3.63) is 35.6 Å². The average molecular weight is 321 g/mol. The van der Waals surface area contributed by atoms with Crippen molar-refractivity contribution in [3.8, 4) is 11.5 Å². The third-order valence-corrected chi connectivity index (χ3v) is 3.32. The summed E-state index contributed by atoms with van der Waals surface area (Å²) in [4.78, 5) is 10.3. The fraction of sp³-hybridized carbons (Fsp3) is 0.333. The van der Waals surface area contributed by atoms with Crippen molar-refractivity contribution >= 4 is 23.2 Å². The summed E-state index contributed by atoms with van der Waals surface area (Å²) in [6, 6.07) is 7.27. The second-order valence-corrected chi connectivity index (χ2v) is 5.69. The van der Waals surface area contributed by atoms with E-state index in [1.807, 2.05) is 32.3 Å². The highest BCUT2D eigenvalue weighted by molar-refractivity contribution is 6.29. The van der Waals surface area contributed by atoms with Gasteiger partial charge >= 0.3 is 0 Å². The molecule has 0 spiro atoms. The molecule has 22 heavy (non-hydrogen) atoms. The van der Waals surface area contributed by atoms with Gasteiger partial charge in [0.05, 0.1) is 0 Å². The molecule has 2 aromatic rings. The van der Waals surface area contributed by atoms with Crippen LogP contribution in [0, 0.1) is 0 Å². The lowest BCUT2D eigenvalue weighted by atomic mass is 10.2. The minimum Gasteiger partial charge on any atom is -0.486 e. The van der Waals surface area contributed by atoms with Crippen LogP contribution in [-0.4, -0.2) is 48.2 Å². The first-order valence-electron chi connectivity index (χ1n) is 6.94. The van der Waals surface area contributed by atoms with Gasteiger partial charge in [-0.3, -0.25) is 0 Å². The third kappa shape index (κ3) is 3.58. The zero-order valence-electron chi connectivity index (χ0n) is 12.4. The van der Waals surface area contributed by atoms with Crippen LogP contribution in [0.3, 0.4) is 0 Å². The average Bonchev–Trinajstić information content (AvgIpc) is 2.47. The second kappa shape index (κ2) is 6.37. The minimum atomic E-state index is 0.0394. The lowest BCUT2D eigenvalue weighted by molar-refractivity contribution is 0.0711.